The number of ether oxygens (including phenoxy) is 3. The molecule has 0 saturated carbocycles. The van der Waals surface area contributed by atoms with Gasteiger partial charge in [0.05, 0.1) is 25.0 Å². The molecule has 0 spiro atoms. The average molecular weight is 432 g/mol. The van der Waals surface area contributed by atoms with E-state index < -0.39 is 18.5 Å². The van der Waals surface area contributed by atoms with Gasteiger partial charge >= 0.3 is 5.97 Å². The first-order valence-electron chi connectivity index (χ1n) is 9.12. The molecule has 8 nitrogen and oxygen atoms in total. The molecule has 0 radical (unpaired) electrons. The third-order valence-electron chi connectivity index (χ3n) is 3.78. The predicted molar refractivity (Wildman–Crippen MR) is 114 cm³/mol. The van der Waals surface area contributed by atoms with E-state index in [2.05, 4.69) is 10.6 Å². The third kappa shape index (κ3) is 7.76. The first-order valence-corrected chi connectivity index (χ1v) is 10.1. The molecule has 30 heavy (non-hydrogen) atoms. The molecule has 9 heteroatoms. The van der Waals surface area contributed by atoms with Crippen molar-refractivity contribution in [2.24, 2.45) is 0 Å². The van der Waals surface area contributed by atoms with Crippen molar-refractivity contribution in [3.05, 3.63) is 54.1 Å². The highest BCUT2D eigenvalue weighted by atomic mass is 32.2. The Kier molecular flexibility index (Phi) is 9.69. The maximum absolute atomic E-state index is 12.4. The van der Waals surface area contributed by atoms with Gasteiger partial charge in [-0.05, 0) is 24.3 Å². The molecule has 0 aliphatic carbocycles. The van der Waals surface area contributed by atoms with Crippen molar-refractivity contribution < 1.29 is 28.6 Å². The molecule has 0 atom stereocenters. The largest absolute Gasteiger partial charge is 0.497 e. The lowest BCUT2D eigenvalue weighted by Gasteiger charge is -2.10. The first kappa shape index (κ1) is 23.2. The normalized spacial score (nSPS) is 10.2. The standard InChI is InChI=1S/C21H24N2O6S/c1-27-11-10-22-20(25)14-30-18-9-4-3-8-17(18)21(26)29-13-19(24)23-15-6-5-7-16(12-15)28-2/h3-9,12H,10-11,13-14H2,1-2H3,(H,22,25)(H,23,24). The van der Waals surface area contributed by atoms with Crippen LogP contribution >= 0.6 is 11.8 Å². The lowest BCUT2D eigenvalue weighted by molar-refractivity contribution is -0.119. The van der Waals surface area contributed by atoms with Crippen molar-refractivity contribution in [1.29, 1.82) is 0 Å². The summed E-state index contributed by atoms with van der Waals surface area (Å²) in [6.07, 6.45) is 0. The zero-order valence-corrected chi connectivity index (χ0v) is 17.6. The maximum atomic E-state index is 12.4. The van der Waals surface area contributed by atoms with E-state index in [9.17, 15) is 14.4 Å². The number of nitrogens with one attached hydrogen (secondary N) is 2. The topological polar surface area (TPSA) is 103 Å². The summed E-state index contributed by atoms with van der Waals surface area (Å²) >= 11 is 1.21. The molecule has 0 aliphatic heterocycles. The van der Waals surface area contributed by atoms with Gasteiger partial charge in [-0.3, -0.25) is 9.59 Å². The lowest BCUT2D eigenvalue weighted by atomic mass is 10.2. The highest BCUT2D eigenvalue weighted by Gasteiger charge is 2.15. The third-order valence-corrected chi connectivity index (χ3v) is 4.86. The predicted octanol–water partition coefficient (Wildman–Crippen LogP) is 2.35. The molecule has 0 heterocycles. The van der Waals surface area contributed by atoms with Crippen LogP contribution in [0.15, 0.2) is 53.4 Å². The molecule has 2 N–H and O–H groups in total. The van der Waals surface area contributed by atoms with Crippen LogP contribution in [-0.2, 0) is 19.1 Å². The second-order valence-corrected chi connectivity index (χ2v) is 7.00. The summed E-state index contributed by atoms with van der Waals surface area (Å²) in [7, 11) is 3.08. The smallest absolute Gasteiger partial charge is 0.339 e. The highest BCUT2D eigenvalue weighted by molar-refractivity contribution is 8.00. The number of hydrogen-bond donors (Lipinski definition) is 2. The van der Waals surface area contributed by atoms with E-state index >= 15 is 0 Å². The van der Waals surface area contributed by atoms with Gasteiger partial charge in [0.15, 0.2) is 6.61 Å². The summed E-state index contributed by atoms with van der Waals surface area (Å²) in [4.78, 5) is 36.9. The van der Waals surface area contributed by atoms with Crippen LogP contribution in [0.1, 0.15) is 10.4 Å². The molecule has 2 aromatic carbocycles. The lowest BCUT2D eigenvalue weighted by Crippen LogP contribution is -2.28. The maximum Gasteiger partial charge on any atom is 0.339 e. The van der Waals surface area contributed by atoms with E-state index in [4.69, 9.17) is 14.2 Å². The molecule has 160 valence electrons. The number of carbonyl (C=O) groups excluding carboxylic acids is 3. The number of amides is 2. The van der Waals surface area contributed by atoms with Crippen molar-refractivity contribution in [2.75, 3.05) is 45.0 Å². The second kappa shape index (κ2) is 12.5. The van der Waals surface area contributed by atoms with Crippen LogP contribution < -0.4 is 15.4 Å². The molecule has 2 aromatic rings. The summed E-state index contributed by atoms with van der Waals surface area (Å²) < 4.78 is 15.1. The zero-order valence-electron chi connectivity index (χ0n) is 16.8. The van der Waals surface area contributed by atoms with E-state index in [0.717, 1.165) is 0 Å². The van der Waals surface area contributed by atoms with Gasteiger partial charge < -0.3 is 24.8 Å². The van der Waals surface area contributed by atoms with Crippen molar-refractivity contribution in [3.63, 3.8) is 0 Å². The monoisotopic (exact) mass is 432 g/mol. The molecule has 0 saturated heterocycles. The van der Waals surface area contributed by atoms with Gasteiger partial charge in [0.1, 0.15) is 5.75 Å². The van der Waals surface area contributed by atoms with Gasteiger partial charge in [-0.2, -0.15) is 0 Å². The van der Waals surface area contributed by atoms with Crippen LogP contribution in [-0.4, -0.2) is 57.5 Å². The SMILES string of the molecule is COCCNC(=O)CSc1ccccc1C(=O)OCC(=O)Nc1cccc(OC)c1. The quantitative estimate of drug-likeness (QED) is 0.319. The number of thioether (sulfide) groups is 1. The molecule has 2 amide bonds. The van der Waals surface area contributed by atoms with Crippen LogP contribution in [0.4, 0.5) is 5.69 Å². The number of benzene rings is 2. The van der Waals surface area contributed by atoms with Crippen molar-refractivity contribution in [2.45, 2.75) is 4.90 Å². The minimum absolute atomic E-state index is 0.143. The number of carbonyl (C=O) groups is 3. The molecule has 0 unspecified atom stereocenters. The Morgan fingerprint density at radius 2 is 1.80 bits per heavy atom. The number of anilines is 1. The summed E-state index contributed by atoms with van der Waals surface area (Å²) in [5.41, 5.74) is 0.826. The Morgan fingerprint density at radius 1 is 1.00 bits per heavy atom. The molecule has 0 fully saturated rings. The second-order valence-electron chi connectivity index (χ2n) is 5.98. The zero-order chi connectivity index (χ0) is 21.8. The Hall–Kier alpha value is -3.04. The minimum Gasteiger partial charge on any atom is -0.497 e. The minimum atomic E-state index is -0.640. The summed E-state index contributed by atoms with van der Waals surface area (Å²) in [5, 5.41) is 5.35. The van der Waals surface area contributed by atoms with Crippen LogP contribution in [0.2, 0.25) is 0 Å². The summed E-state index contributed by atoms with van der Waals surface area (Å²) in [6.45, 7) is 0.408. The van der Waals surface area contributed by atoms with Crippen LogP contribution in [0.25, 0.3) is 0 Å². The molecule has 2 rings (SSSR count). The fourth-order valence-electron chi connectivity index (χ4n) is 2.35. The van der Waals surface area contributed by atoms with E-state index in [-0.39, 0.29) is 11.7 Å². The number of methoxy groups -OCH3 is 2. The van der Waals surface area contributed by atoms with Crippen molar-refractivity contribution >= 4 is 35.2 Å². The Morgan fingerprint density at radius 3 is 2.57 bits per heavy atom. The Bertz CT molecular complexity index is 874. The van der Waals surface area contributed by atoms with E-state index in [1.54, 1.807) is 55.6 Å². The van der Waals surface area contributed by atoms with Gasteiger partial charge in [0.2, 0.25) is 5.91 Å². The van der Waals surface area contributed by atoms with Crippen LogP contribution in [0, 0.1) is 0 Å². The average Bonchev–Trinajstić information content (AvgIpc) is 2.76. The fourth-order valence-corrected chi connectivity index (χ4v) is 3.23. The van der Waals surface area contributed by atoms with Crippen molar-refractivity contribution in [1.82, 2.24) is 5.32 Å². The molecular formula is C21H24N2O6S. The van der Waals surface area contributed by atoms with Gasteiger partial charge in [0, 0.05) is 30.3 Å². The summed E-state index contributed by atoms with van der Waals surface area (Å²) in [6, 6.07) is 13.6. The first-order chi connectivity index (χ1) is 14.5. The molecular weight excluding hydrogens is 408 g/mol. The van der Waals surface area contributed by atoms with Gasteiger partial charge in [0.25, 0.3) is 5.91 Å². The fraction of sp³-hybridized carbons (Fsp3) is 0.286. The van der Waals surface area contributed by atoms with E-state index in [1.807, 2.05) is 0 Å². The molecule has 0 bridgehead atoms. The Balaban J connectivity index is 1.87. The summed E-state index contributed by atoms with van der Waals surface area (Å²) in [5.74, 6) is -0.539. The van der Waals surface area contributed by atoms with E-state index in [0.29, 0.717) is 35.0 Å². The number of hydrogen-bond acceptors (Lipinski definition) is 7. The van der Waals surface area contributed by atoms with Crippen molar-refractivity contribution in [3.8, 4) is 5.75 Å². The van der Waals surface area contributed by atoms with Crippen LogP contribution in [0.5, 0.6) is 5.75 Å². The highest BCUT2D eigenvalue weighted by Crippen LogP contribution is 2.23. The number of rotatable bonds is 11. The Labute approximate surface area is 179 Å². The number of esters is 1. The molecule has 0 aliphatic rings. The van der Waals surface area contributed by atoms with E-state index in [1.165, 1.54) is 18.9 Å². The van der Waals surface area contributed by atoms with Gasteiger partial charge in [-0.25, -0.2) is 4.79 Å². The van der Waals surface area contributed by atoms with Gasteiger partial charge in [-0.15, -0.1) is 11.8 Å². The molecule has 0 aromatic heterocycles. The van der Waals surface area contributed by atoms with Gasteiger partial charge in [-0.1, -0.05) is 18.2 Å². The van der Waals surface area contributed by atoms with Crippen LogP contribution in [0.3, 0.4) is 0 Å².